The SMILES string of the molecule is c1ccc2c(c1)CCCN1Cc3cc(OCCCN4CCCCC4)ccc3N=C21. The van der Waals surface area contributed by atoms with E-state index in [1.54, 1.807) is 0 Å². The first kappa shape index (κ1) is 18.7. The summed E-state index contributed by atoms with van der Waals surface area (Å²) >= 11 is 0. The van der Waals surface area contributed by atoms with Crippen LogP contribution >= 0.6 is 0 Å². The molecule has 0 aliphatic carbocycles. The molecule has 0 N–H and O–H groups in total. The molecule has 3 aliphatic heterocycles. The van der Waals surface area contributed by atoms with Crippen molar-refractivity contribution in [3.63, 3.8) is 0 Å². The first-order valence-electron chi connectivity index (χ1n) is 11.3. The van der Waals surface area contributed by atoms with Crippen molar-refractivity contribution < 1.29 is 4.74 Å². The molecule has 29 heavy (non-hydrogen) atoms. The minimum absolute atomic E-state index is 0.793. The lowest BCUT2D eigenvalue weighted by Crippen LogP contribution is -2.33. The van der Waals surface area contributed by atoms with Crippen LogP contribution in [0.5, 0.6) is 5.75 Å². The first-order chi connectivity index (χ1) is 14.4. The Kier molecular flexibility index (Phi) is 5.53. The fraction of sp³-hybridized carbons (Fsp3) is 0.480. The maximum atomic E-state index is 6.09. The van der Waals surface area contributed by atoms with Gasteiger partial charge < -0.3 is 14.5 Å². The largest absolute Gasteiger partial charge is 0.494 e. The predicted molar refractivity (Wildman–Crippen MR) is 118 cm³/mol. The zero-order valence-electron chi connectivity index (χ0n) is 17.3. The third-order valence-electron chi connectivity index (χ3n) is 6.41. The van der Waals surface area contributed by atoms with Crippen molar-refractivity contribution in [1.82, 2.24) is 9.80 Å². The molecule has 152 valence electrons. The van der Waals surface area contributed by atoms with Crippen LogP contribution in [-0.2, 0) is 13.0 Å². The molecule has 1 fully saturated rings. The van der Waals surface area contributed by atoms with Crippen LogP contribution in [0.25, 0.3) is 0 Å². The second-order valence-corrected chi connectivity index (χ2v) is 8.51. The van der Waals surface area contributed by atoms with Gasteiger partial charge in [-0.2, -0.15) is 0 Å². The molecule has 4 nitrogen and oxygen atoms in total. The average molecular weight is 390 g/mol. The van der Waals surface area contributed by atoms with Crippen molar-refractivity contribution in [3.05, 3.63) is 59.2 Å². The molecule has 0 amide bonds. The third kappa shape index (κ3) is 4.18. The summed E-state index contributed by atoms with van der Waals surface area (Å²) in [6, 6.07) is 15.2. The highest BCUT2D eigenvalue weighted by Crippen LogP contribution is 2.33. The lowest BCUT2D eigenvalue weighted by atomic mass is 10.0. The summed E-state index contributed by atoms with van der Waals surface area (Å²) in [5, 5.41) is 0. The van der Waals surface area contributed by atoms with Crippen molar-refractivity contribution in [3.8, 4) is 5.75 Å². The Labute approximate surface area is 174 Å². The molecule has 0 atom stereocenters. The van der Waals surface area contributed by atoms with Crippen molar-refractivity contribution in [2.45, 2.75) is 45.1 Å². The number of amidine groups is 1. The Hall–Kier alpha value is -2.33. The Bertz CT molecular complexity index is 885. The maximum absolute atomic E-state index is 6.09. The molecule has 3 aliphatic rings. The van der Waals surface area contributed by atoms with Gasteiger partial charge in [0.05, 0.1) is 12.3 Å². The second-order valence-electron chi connectivity index (χ2n) is 8.51. The van der Waals surface area contributed by atoms with Crippen molar-refractivity contribution in [2.75, 3.05) is 32.8 Å². The van der Waals surface area contributed by atoms with Gasteiger partial charge in [0.25, 0.3) is 0 Å². The summed E-state index contributed by atoms with van der Waals surface area (Å²) in [6.45, 7) is 6.46. The molecule has 0 spiro atoms. The van der Waals surface area contributed by atoms with E-state index in [2.05, 4.69) is 52.3 Å². The quantitative estimate of drug-likeness (QED) is 0.689. The van der Waals surface area contributed by atoms with Crippen molar-refractivity contribution in [2.24, 2.45) is 4.99 Å². The predicted octanol–water partition coefficient (Wildman–Crippen LogP) is 4.78. The molecule has 4 heteroatoms. The second kappa shape index (κ2) is 8.58. The molecule has 3 heterocycles. The molecule has 0 unspecified atom stereocenters. The van der Waals surface area contributed by atoms with Gasteiger partial charge in [0.1, 0.15) is 11.6 Å². The van der Waals surface area contributed by atoms with E-state index in [0.717, 1.165) is 56.4 Å². The van der Waals surface area contributed by atoms with E-state index in [-0.39, 0.29) is 0 Å². The Morgan fingerprint density at radius 2 is 1.79 bits per heavy atom. The molecule has 0 radical (unpaired) electrons. The number of likely N-dealkylation sites (tertiary alicyclic amines) is 1. The monoisotopic (exact) mass is 389 g/mol. The summed E-state index contributed by atoms with van der Waals surface area (Å²) < 4.78 is 6.09. The summed E-state index contributed by atoms with van der Waals surface area (Å²) in [5.74, 6) is 2.12. The van der Waals surface area contributed by atoms with Gasteiger partial charge in [-0.1, -0.05) is 30.7 Å². The van der Waals surface area contributed by atoms with Crippen molar-refractivity contribution in [1.29, 1.82) is 0 Å². The van der Waals surface area contributed by atoms with E-state index < -0.39 is 0 Å². The molecule has 2 aromatic rings. The van der Waals surface area contributed by atoms with E-state index in [0.29, 0.717) is 0 Å². The number of aryl methyl sites for hydroxylation is 1. The highest BCUT2D eigenvalue weighted by atomic mass is 16.5. The van der Waals surface area contributed by atoms with Crippen LogP contribution in [0, 0.1) is 0 Å². The van der Waals surface area contributed by atoms with Crippen LogP contribution in [0.15, 0.2) is 47.5 Å². The summed E-state index contributed by atoms with van der Waals surface area (Å²) in [5.41, 5.74) is 5.09. The maximum Gasteiger partial charge on any atom is 0.137 e. The summed E-state index contributed by atoms with van der Waals surface area (Å²) in [7, 11) is 0. The van der Waals surface area contributed by atoms with Gasteiger partial charge in [0, 0.05) is 30.8 Å². The number of hydrogen-bond acceptors (Lipinski definition) is 4. The number of piperidine rings is 1. The Morgan fingerprint density at radius 1 is 0.897 bits per heavy atom. The molecule has 0 bridgehead atoms. The summed E-state index contributed by atoms with van der Waals surface area (Å²) in [6.07, 6.45) is 7.52. The van der Waals surface area contributed by atoms with Gasteiger partial charge in [-0.05, 0) is 69.0 Å². The average Bonchev–Trinajstić information content (AvgIpc) is 2.95. The van der Waals surface area contributed by atoms with E-state index >= 15 is 0 Å². The molecular weight excluding hydrogens is 358 g/mol. The standard InChI is InChI=1S/C25H31N3O/c1-4-13-27(14-5-1)15-7-17-29-22-11-12-24-21(18-22)19-28-16-6-9-20-8-2-3-10-23(20)25(28)26-24/h2-3,8,10-12,18H,1,4-7,9,13-17,19H2. The number of ether oxygens (including phenoxy) is 1. The van der Waals surface area contributed by atoms with Crippen LogP contribution < -0.4 is 4.74 Å². The van der Waals surface area contributed by atoms with Gasteiger partial charge >= 0.3 is 0 Å². The zero-order valence-corrected chi connectivity index (χ0v) is 17.3. The fourth-order valence-electron chi connectivity index (χ4n) is 4.85. The highest BCUT2D eigenvalue weighted by Gasteiger charge is 2.25. The normalized spacial score (nSPS) is 18.9. The Balaban J connectivity index is 1.26. The van der Waals surface area contributed by atoms with Crippen molar-refractivity contribution >= 4 is 11.5 Å². The number of benzene rings is 2. The third-order valence-corrected chi connectivity index (χ3v) is 6.41. The van der Waals surface area contributed by atoms with Gasteiger partial charge in [0.15, 0.2) is 0 Å². The fourth-order valence-corrected chi connectivity index (χ4v) is 4.85. The van der Waals surface area contributed by atoms with Crippen LogP contribution in [-0.4, -0.2) is 48.4 Å². The minimum atomic E-state index is 0.793. The van der Waals surface area contributed by atoms with Gasteiger partial charge in [-0.3, -0.25) is 0 Å². The number of fused-ring (bicyclic) bond motifs is 4. The molecule has 0 aromatic heterocycles. The Morgan fingerprint density at radius 3 is 2.72 bits per heavy atom. The van der Waals surface area contributed by atoms with E-state index in [4.69, 9.17) is 9.73 Å². The molecule has 2 aromatic carbocycles. The smallest absolute Gasteiger partial charge is 0.137 e. The summed E-state index contributed by atoms with van der Waals surface area (Å²) in [4.78, 5) is 10.1. The highest BCUT2D eigenvalue weighted by molar-refractivity contribution is 6.02. The van der Waals surface area contributed by atoms with Gasteiger partial charge in [-0.25, -0.2) is 4.99 Å². The van der Waals surface area contributed by atoms with Crippen LogP contribution in [0.2, 0.25) is 0 Å². The first-order valence-corrected chi connectivity index (χ1v) is 11.3. The van der Waals surface area contributed by atoms with Crippen LogP contribution in [0.1, 0.15) is 48.8 Å². The molecular formula is C25H31N3O. The van der Waals surface area contributed by atoms with Crippen LogP contribution in [0.4, 0.5) is 5.69 Å². The molecule has 1 saturated heterocycles. The number of hydrogen-bond donors (Lipinski definition) is 0. The number of rotatable bonds is 5. The lowest BCUT2D eigenvalue weighted by Gasteiger charge is -2.30. The van der Waals surface area contributed by atoms with Gasteiger partial charge in [-0.15, -0.1) is 0 Å². The number of aliphatic imine (C=N–C) groups is 1. The van der Waals surface area contributed by atoms with Gasteiger partial charge in [0.2, 0.25) is 0 Å². The zero-order chi connectivity index (χ0) is 19.5. The molecule has 0 saturated carbocycles. The van der Waals surface area contributed by atoms with E-state index in [9.17, 15) is 0 Å². The van der Waals surface area contributed by atoms with E-state index in [1.807, 2.05) is 0 Å². The van der Waals surface area contributed by atoms with Crippen LogP contribution in [0.3, 0.4) is 0 Å². The minimum Gasteiger partial charge on any atom is -0.494 e. The topological polar surface area (TPSA) is 28.1 Å². The molecule has 5 rings (SSSR count). The van der Waals surface area contributed by atoms with E-state index in [1.165, 1.54) is 55.5 Å². The lowest BCUT2D eigenvalue weighted by molar-refractivity contribution is 0.205. The number of nitrogens with zero attached hydrogens (tertiary/aromatic N) is 3.